The lowest BCUT2D eigenvalue weighted by molar-refractivity contribution is -0.333. The van der Waals surface area contributed by atoms with E-state index in [0.29, 0.717) is 16.7 Å². The SMILES string of the molecule is CCC12CC3CC1C1COC(O)C3C12C. The molecule has 3 saturated carbocycles. The van der Waals surface area contributed by atoms with Crippen molar-refractivity contribution >= 4 is 0 Å². The Morgan fingerprint density at radius 3 is 2.93 bits per heavy atom. The molecule has 4 rings (SSSR count). The highest BCUT2D eigenvalue weighted by Crippen LogP contribution is 2.85. The average Bonchev–Trinajstić information content (AvgIpc) is 2.65. The molecule has 15 heavy (non-hydrogen) atoms. The first-order valence-electron chi connectivity index (χ1n) is 6.45. The maximum atomic E-state index is 10.1. The van der Waals surface area contributed by atoms with E-state index in [-0.39, 0.29) is 0 Å². The molecule has 0 spiro atoms. The first-order valence-corrected chi connectivity index (χ1v) is 6.45. The van der Waals surface area contributed by atoms with Gasteiger partial charge in [-0.05, 0) is 47.8 Å². The van der Waals surface area contributed by atoms with Crippen LogP contribution >= 0.6 is 0 Å². The van der Waals surface area contributed by atoms with E-state index in [9.17, 15) is 5.11 Å². The van der Waals surface area contributed by atoms with Gasteiger partial charge in [-0.25, -0.2) is 0 Å². The molecular formula is C13H20O2. The third-order valence-corrected chi connectivity index (χ3v) is 6.81. The number of aliphatic hydroxyl groups excluding tert-OH is 1. The highest BCUT2D eigenvalue weighted by atomic mass is 16.6. The molecule has 1 heterocycles. The van der Waals surface area contributed by atoms with Gasteiger partial charge in [0.2, 0.25) is 0 Å². The smallest absolute Gasteiger partial charge is 0.158 e. The molecule has 1 N–H and O–H groups in total. The minimum Gasteiger partial charge on any atom is -0.368 e. The molecule has 2 heteroatoms. The fourth-order valence-corrected chi connectivity index (χ4v) is 6.37. The lowest BCUT2D eigenvalue weighted by Crippen LogP contribution is -2.70. The molecule has 3 aliphatic carbocycles. The van der Waals surface area contributed by atoms with Crippen LogP contribution in [-0.2, 0) is 4.74 Å². The van der Waals surface area contributed by atoms with E-state index in [1.54, 1.807) is 0 Å². The highest BCUT2D eigenvalue weighted by Gasteiger charge is 2.81. The van der Waals surface area contributed by atoms with Gasteiger partial charge in [0.1, 0.15) is 0 Å². The van der Waals surface area contributed by atoms with Gasteiger partial charge in [-0.15, -0.1) is 0 Å². The van der Waals surface area contributed by atoms with Gasteiger partial charge >= 0.3 is 0 Å². The van der Waals surface area contributed by atoms with Crippen LogP contribution in [0, 0.1) is 34.5 Å². The van der Waals surface area contributed by atoms with E-state index in [1.165, 1.54) is 19.3 Å². The van der Waals surface area contributed by atoms with Crippen molar-refractivity contribution in [1.29, 1.82) is 0 Å². The first kappa shape index (κ1) is 9.00. The van der Waals surface area contributed by atoms with Gasteiger partial charge in [-0.3, -0.25) is 0 Å². The number of hydrogen-bond donors (Lipinski definition) is 1. The summed E-state index contributed by atoms with van der Waals surface area (Å²) in [6.45, 7) is 5.60. The second-order valence-electron chi connectivity index (χ2n) is 6.45. The summed E-state index contributed by atoms with van der Waals surface area (Å²) in [4.78, 5) is 0. The van der Waals surface area contributed by atoms with Crippen molar-refractivity contribution in [3.63, 3.8) is 0 Å². The third-order valence-electron chi connectivity index (χ3n) is 6.81. The minimum atomic E-state index is -0.467. The summed E-state index contributed by atoms with van der Waals surface area (Å²) in [5.74, 6) is 2.87. The summed E-state index contributed by atoms with van der Waals surface area (Å²) in [6, 6.07) is 0. The standard InChI is InChI=1S/C13H20O2/c1-3-13-5-7-4-8(13)9-6-15-11(14)10(7)12(9,13)2/h7-11,14H,3-6H2,1-2H3. The summed E-state index contributed by atoms with van der Waals surface area (Å²) in [6.07, 6.45) is 3.58. The van der Waals surface area contributed by atoms with E-state index < -0.39 is 6.29 Å². The molecule has 0 aromatic carbocycles. The molecular weight excluding hydrogens is 188 g/mol. The Bertz CT molecular complexity index is 328. The zero-order valence-electron chi connectivity index (χ0n) is 9.57. The van der Waals surface area contributed by atoms with Gasteiger partial charge in [-0.1, -0.05) is 13.8 Å². The van der Waals surface area contributed by atoms with Crippen molar-refractivity contribution in [2.45, 2.75) is 39.4 Å². The normalized spacial score (nSPS) is 69.4. The predicted octanol–water partition coefficient (Wildman–Crippen LogP) is 2.02. The Labute approximate surface area is 91.0 Å². The van der Waals surface area contributed by atoms with Crippen molar-refractivity contribution in [2.24, 2.45) is 34.5 Å². The molecule has 0 amide bonds. The Hall–Kier alpha value is -0.0800. The van der Waals surface area contributed by atoms with Crippen LogP contribution in [0.3, 0.4) is 0 Å². The quantitative estimate of drug-likeness (QED) is 0.714. The molecule has 0 radical (unpaired) electrons. The first-order chi connectivity index (χ1) is 7.15. The van der Waals surface area contributed by atoms with Crippen LogP contribution < -0.4 is 0 Å². The summed E-state index contributed by atoms with van der Waals surface area (Å²) >= 11 is 0. The zero-order valence-corrected chi connectivity index (χ0v) is 9.57. The van der Waals surface area contributed by atoms with Gasteiger partial charge in [0.25, 0.3) is 0 Å². The van der Waals surface area contributed by atoms with Crippen molar-refractivity contribution in [3.05, 3.63) is 0 Å². The zero-order chi connectivity index (χ0) is 10.4. The van der Waals surface area contributed by atoms with Crippen LogP contribution in [0.1, 0.15) is 33.1 Å². The number of ether oxygens (including phenoxy) is 1. The van der Waals surface area contributed by atoms with E-state index in [0.717, 1.165) is 24.4 Å². The molecule has 2 nitrogen and oxygen atoms in total. The van der Waals surface area contributed by atoms with E-state index in [1.807, 2.05) is 0 Å². The van der Waals surface area contributed by atoms with Crippen molar-refractivity contribution in [1.82, 2.24) is 0 Å². The van der Waals surface area contributed by atoms with E-state index in [2.05, 4.69) is 13.8 Å². The maximum absolute atomic E-state index is 10.1. The topological polar surface area (TPSA) is 29.5 Å². The Morgan fingerprint density at radius 1 is 1.40 bits per heavy atom. The van der Waals surface area contributed by atoms with E-state index in [4.69, 9.17) is 4.74 Å². The van der Waals surface area contributed by atoms with E-state index >= 15 is 0 Å². The van der Waals surface area contributed by atoms with Crippen molar-refractivity contribution < 1.29 is 9.84 Å². The number of hydrogen-bond acceptors (Lipinski definition) is 2. The maximum Gasteiger partial charge on any atom is 0.158 e. The van der Waals surface area contributed by atoms with Gasteiger partial charge < -0.3 is 9.84 Å². The number of aliphatic hydroxyl groups is 1. The molecule has 0 aromatic rings. The van der Waals surface area contributed by atoms with Gasteiger partial charge in [0.05, 0.1) is 6.61 Å². The minimum absolute atomic E-state index is 0.410. The summed E-state index contributed by atoms with van der Waals surface area (Å²) in [5, 5.41) is 10.1. The monoisotopic (exact) mass is 208 g/mol. The Kier molecular flexibility index (Phi) is 1.37. The van der Waals surface area contributed by atoms with Gasteiger partial charge in [0, 0.05) is 5.92 Å². The van der Waals surface area contributed by atoms with Crippen LogP contribution in [0.4, 0.5) is 0 Å². The Balaban J connectivity index is 1.86. The fourth-order valence-electron chi connectivity index (χ4n) is 6.37. The summed E-state index contributed by atoms with van der Waals surface area (Å²) in [5.41, 5.74) is 0.991. The molecule has 4 fully saturated rings. The highest BCUT2D eigenvalue weighted by molar-refractivity contribution is 5.28. The Morgan fingerprint density at radius 2 is 2.20 bits per heavy atom. The average molecular weight is 208 g/mol. The number of fused-ring (bicyclic) bond motifs is 3. The molecule has 7 unspecified atom stereocenters. The van der Waals surface area contributed by atoms with Crippen LogP contribution in [0.25, 0.3) is 0 Å². The molecule has 4 aliphatic rings. The van der Waals surface area contributed by atoms with Crippen molar-refractivity contribution in [2.75, 3.05) is 6.61 Å². The van der Waals surface area contributed by atoms with Crippen LogP contribution in [0.5, 0.6) is 0 Å². The largest absolute Gasteiger partial charge is 0.368 e. The molecule has 1 saturated heterocycles. The van der Waals surface area contributed by atoms with Crippen LogP contribution in [0.15, 0.2) is 0 Å². The lowest BCUT2D eigenvalue weighted by Gasteiger charge is -2.71. The van der Waals surface area contributed by atoms with Gasteiger partial charge in [0.15, 0.2) is 6.29 Å². The molecule has 84 valence electrons. The van der Waals surface area contributed by atoms with Crippen LogP contribution in [-0.4, -0.2) is 18.0 Å². The summed E-state index contributed by atoms with van der Waals surface area (Å²) in [7, 11) is 0. The molecule has 1 aliphatic heterocycles. The second-order valence-corrected chi connectivity index (χ2v) is 6.45. The number of rotatable bonds is 1. The lowest BCUT2D eigenvalue weighted by atomic mass is 9.35. The third kappa shape index (κ3) is 0.632. The molecule has 7 atom stereocenters. The van der Waals surface area contributed by atoms with Crippen LogP contribution in [0.2, 0.25) is 0 Å². The second kappa shape index (κ2) is 2.28. The van der Waals surface area contributed by atoms with Crippen molar-refractivity contribution in [3.8, 4) is 0 Å². The van der Waals surface area contributed by atoms with Gasteiger partial charge in [-0.2, -0.15) is 0 Å². The fraction of sp³-hybridized carbons (Fsp3) is 1.00. The summed E-state index contributed by atoms with van der Waals surface area (Å²) < 4.78 is 5.55. The molecule has 2 bridgehead atoms. The molecule has 0 aromatic heterocycles. The predicted molar refractivity (Wildman–Crippen MR) is 56.0 cm³/mol.